The van der Waals surface area contributed by atoms with Crippen molar-refractivity contribution in [3.05, 3.63) is 33.1 Å². The minimum absolute atomic E-state index is 0.0306. The lowest BCUT2D eigenvalue weighted by atomic mass is 9.99. The molecule has 0 aliphatic carbocycles. The Morgan fingerprint density at radius 3 is 2.15 bits per heavy atom. The number of rotatable bonds is 6. The van der Waals surface area contributed by atoms with E-state index in [4.69, 9.17) is 25.2 Å². The number of nitriles is 1. The van der Waals surface area contributed by atoms with Crippen LogP contribution in [0.25, 0.3) is 0 Å². The number of hydrogen-bond donors (Lipinski definition) is 1. The van der Waals surface area contributed by atoms with Gasteiger partial charge in [0.25, 0.3) is 5.56 Å². The highest BCUT2D eigenvalue weighted by molar-refractivity contribution is 6.74. The summed E-state index contributed by atoms with van der Waals surface area (Å²) in [6.45, 7) is 21.0. The van der Waals surface area contributed by atoms with Gasteiger partial charge in [-0.25, -0.2) is 4.79 Å². The maximum atomic E-state index is 12.5. The molecule has 8 nitrogen and oxygen atoms in total. The van der Waals surface area contributed by atoms with Crippen molar-refractivity contribution in [2.24, 2.45) is 0 Å². The summed E-state index contributed by atoms with van der Waals surface area (Å²) in [5.41, 5.74) is -2.71. The Hall–Kier alpha value is -1.23. The number of alkyl halides is 1. The Balaban J connectivity index is 2.55. The van der Waals surface area contributed by atoms with Gasteiger partial charge in [-0.05, 0) is 36.3 Å². The van der Waals surface area contributed by atoms with E-state index in [-0.39, 0.29) is 16.7 Å². The number of ether oxygens (including phenoxy) is 1. The summed E-state index contributed by atoms with van der Waals surface area (Å²) in [6, 6.07) is 3.51. The molecule has 186 valence electrons. The van der Waals surface area contributed by atoms with E-state index in [1.54, 1.807) is 0 Å². The SMILES string of the molecule is CC(C)(C)[Si](C)(C)OC[C@@]1(C#N)O[C@@H](n2ccc(=O)[nH]c2=O)[C@H](Cl)C1O[Si](C)(C)C(C)(C)C. The van der Waals surface area contributed by atoms with Crippen molar-refractivity contribution >= 4 is 28.2 Å². The van der Waals surface area contributed by atoms with Gasteiger partial charge < -0.3 is 13.6 Å². The summed E-state index contributed by atoms with van der Waals surface area (Å²) < 4.78 is 20.5. The van der Waals surface area contributed by atoms with Crippen molar-refractivity contribution in [1.29, 1.82) is 5.26 Å². The number of aromatic nitrogens is 2. The summed E-state index contributed by atoms with van der Waals surface area (Å²) in [7, 11) is -4.62. The minimum Gasteiger partial charge on any atom is -0.413 e. The van der Waals surface area contributed by atoms with E-state index >= 15 is 0 Å². The second kappa shape index (κ2) is 9.09. The zero-order valence-corrected chi connectivity index (χ0v) is 24.2. The van der Waals surface area contributed by atoms with Crippen LogP contribution in [-0.2, 0) is 13.6 Å². The van der Waals surface area contributed by atoms with Crippen molar-refractivity contribution in [3.8, 4) is 6.07 Å². The fourth-order valence-corrected chi connectivity index (χ4v) is 5.84. The van der Waals surface area contributed by atoms with E-state index in [9.17, 15) is 14.9 Å². The molecule has 0 bridgehead atoms. The molecule has 1 N–H and O–H groups in total. The molecular weight excluding hydrogens is 478 g/mol. The molecule has 0 amide bonds. The average molecular weight is 516 g/mol. The molecule has 1 aliphatic heterocycles. The minimum atomic E-state index is -2.39. The van der Waals surface area contributed by atoms with Gasteiger partial charge in [0.15, 0.2) is 22.9 Å². The van der Waals surface area contributed by atoms with Gasteiger partial charge in [0.2, 0.25) is 5.60 Å². The molecule has 0 aromatic carbocycles. The number of H-pyrrole nitrogens is 1. The normalized spacial score (nSPS) is 26.9. The predicted molar refractivity (Wildman–Crippen MR) is 135 cm³/mol. The Kier molecular flexibility index (Phi) is 7.72. The highest BCUT2D eigenvalue weighted by Gasteiger charge is 2.60. The van der Waals surface area contributed by atoms with Crippen LogP contribution in [0.5, 0.6) is 0 Å². The first kappa shape index (κ1) is 28.0. The predicted octanol–water partition coefficient (Wildman–Crippen LogP) is 4.35. The van der Waals surface area contributed by atoms with E-state index < -0.39 is 51.2 Å². The lowest BCUT2D eigenvalue weighted by molar-refractivity contribution is -0.0872. The first-order valence-electron chi connectivity index (χ1n) is 11.1. The van der Waals surface area contributed by atoms with E-state index in [2.05, 4.69) is 78.8 Å². The second-order valence-electron chi connectivity index (χ2n) is 11.8. The molecular formula is C22H38ClN3O5Si2. The Morgan fingerprint density at radius 1 is 1.15 bits per heavy atom. The number of aromatic amines is 1. The van der Waals surface area contributed by atoms with E-state index in [0.717, 1.165) is 0 Å². The molecule has 1 unspecified atom stereocenters. The van der Waals surface area contributed by atoms with E-state index in [0.29, 0.717) is 0 Å². The summed E-state index contributed by atoms with van der Waals surface area (Å²) >= 11 is 6.87. The van der Waals surface area contributed by atoms with Crippen LogP contribution in [0, 0.1) is 11.3 Å². The van der Waals surface area contributed by atoms with Crippen LogP contribution in [0.4, 0.5) is 0 Å². The molecule has 1 fully saturated rings. The lowest BCUT2D eigenvalue weighted by Gasteiger charge is -2.43. The van der Waals surface area contributed by atoms with Crippen molar-refractivity contribution in [2.45, 2.75) is 101 Å². The summed E-state index contributed by atoms with van der Waals surface area (Å²) in [4.78, 5) is 26.3. The monoisotopic (exact) mass is 515 g/mol. The van der Waals surface area contributed by atoms with Crippen LogP contribution in [0.1, 0.15) is 47.8 Å². The van der Waals surface area contributed by atoms with Crippen molar-refractivity contribution in [1.82, 2.24) is 9.55 Å². The average Bonchev–Trinajstić information content (AvgIpc) is 2.91. The van der Waals surface area contributed by atoms with Gasteiger partial charge in [-0.2, -0.15) is 5.26 Å². The van der Waals surface area contributed by atoms with Gasteiger partial charge in [-0.3, -0.25) is 14.3 Å². The van der Waals surface area contributed by atoms with Crippen LogP contribution >= 0.6 is 11.6 Å². The first-order chi connectivity index (χ1) is 14.8. The zero-order chi connectivity index (χ0) is 25.6. The molecule has 4 atom stereocenters. The lowest BCUT2D eigenvalue weighted by Crippen LogP contribution is -2.56. The Labute approximate surface area is 203 Å². The molecule has 2 rings (SSSR count). The van der Waals surface area contributed by atoms with Crippen LogP contribution < -0.4 is 11.2 Å². The molecule has 0 saturated carbocycles. The van der Waals surface area contributed by atoms with Gasteiger partial charge in [0.05, 0.1) is 6.61 Å². The fourth-order valence-electron chi connectivity index (χ4n) is 2.99. The Bertz CT molecular complexity index is 1020. The molecule has 33 heavy (non-hydrogen) atoms. The smallest absolute Gasteiger partial charge is 0.330 e. The molecule has 1 aromatic heterocycles. The van der Waals surface area contributed by atoms with Crippen LogP contribution in [0.2, 0.25) is 36.3 Å². The third kappa shape index (κ3) is 5.55. The summed E-state index contributed by atoms with van der Waals surface area (Å²) in [6.07, 6.45) is -0.514. The highest BCUT2D eigenvalue weighted by atomic mass is 35.5. The van der Waals surface area contributed by atoms with Gasteiger partial charge in [0, 0.05) is 12.3 Å². The standard InChI is InChI=1S/C22H38ClN3O5Si2/c1-20(2,3)32(7,8)29-14-22(13-24)17(31-33(9,10)21(4,5)6)16(23)18(30-22)26-12-11-15(27)25-19(26)28/h11-12,16-18H,14H2,1-10H3,(H,25,27,28)/t16-,17?,18-,22-/m1/s1. The third-order valence-corrected chi connectivity index (χ3v) is 16.7. The molecule has 1 saturated heterocycles. The topological polar surface area (TPSA) is 106 Å². The summed E-state index contributed by atoms with van der Waals surface area (Å²) in [5, 5.41) is 9.30. The largest absolute Gasteiger partial charge is 0.413 e. The van der Waals surface area contributed by atoms with Crippen molar-refractivity contribution in [3.63, 3.8) is 0 Å². The highest BCUT2D eigenvalue weighted by Crippen LogP contribution is 2.47. The number of nitrogens with zero attached hydrogens (tertiary/aromatic N) is 2. The number of hydrogen-bond acceptors (Lipinski definition) is 6. The molecule has 0 radical (unpaired) electrons. The zero-order valence-electron chi connectivity index (χ0n) is 21.4. The third-order valence-electron chi connectivity index (χ3n) is 7.35. The fraction of sp³-hybridized carbons (Fsp3) is 0.773. The molecule has 1 aliphatic rings. The maximum Gasteiger partial charge on any atom is 0.330 e. The number of nitrogens with one attached hydrogen (secondary N) is 1. The van der Waals surface area contributed by atoms with Crippen molar-refractivity contribution < 1.29 is 13.6 Å². The summed E-state index contributed by atoms with van der Waals surface area (Å²) in [5.74, 6) is 0. The van der Waals surface area contributed by atoms with Gasteiger partial charge in [-0.15, -0.1) is 11.6 Å². The van der Waals surface area contributed by atoms with Gasteiger partial charge in [0.1, 0.15) is 17.6 Å². The maximum absolute atomic E-state index is 12.5. The Morgan fingerprint density at radius 2 is 1.70 bits per heavy atom. The van der Waals surface area contributed by atoms with Crippen molar-refractivity contribution in [2.75, 3.05) is 6.61 Å². The second-order valence-corrected chi connectivity index (χ2v) is 21.9. The van der Waals surface area contributed by atoms with Crippen LogP contribution in [-0.4, -0.2) is 49.9 Å². The van der Waals surface area contributed by atoms with Gasteiger partial charge >= 0.3 is 5.69 Å². The molecule has 0 spiro atoms. The van der Waals surface area contributed by atoms with E-state index in [1.807, 2.05) is 0 Å². The molecule has 1 aromatic rings. The first-order valence-corrected chi connectivity index (χ1v) is 17.4. The molecule has 11 heteroatoms. The molecule has 2 heterocycles. The van der Waals surface area contributed by atoms with Crippen LogP contribution in [0.3, 0.4) is 0 Å². The van der Waals surface area contributed by atoms with E-state index in [1.165, 1.54) is 16.8 Å². The quantitative estimate of drug-likeness (QED) is 0.446. The van der Waals surface area contributed by atoms with Gasteiger partial charge in [-0.1, -0.05) is 41.5 Å². The van der Waals surface area contributed by atoms with Crippen LogP contribution in [0.15, 0.2) is 21.9 Å². The number of halogens is 1.